The third kappa shape index (κ3) is 4.01. The summed E-state index contributed by atoms with van der Waals surface area (Å²) in [5.74, 6) is 0.797. The zero-order chi connectivity index (χ0) is 13.9. The lowest BCUT2D eigenvalue weighted by Gasteiger charge is -2.39. The maximum absolute atomic E-state index is 4.34. The van der Waals surface area contributed by atoms with E-state index in [1.54, 1.807) is 11.3 Å². The number of hydrogen-bond donors (Lipinski definition) is 1. The van der Waals surface area contributed by atoms with E-state index < -0.39 is 0 Å². The van der Waals surface area contributed by atoms with Gasteiger partial charge in [-0.2, -0.15) is 0 Å². The normalized spacial score (nSPS) is 21.0. The van der Waals surface area contributed by atoms with Crippen LogP contribution in [0.2, 0.25) is 0 Å². The summed E-state index contributed by atoms with van der Waals surface area (Å²) in [5, 5.41) is 3.54. The third-order valence-electron chi connectivity index (χ3n) is 4.34. The van der Waals surface area contributed by atoms with Gasteiger partial charge in [0, 0.05) is 18.0 Å². The van der Waals surface area contributed by atoms with Crippen molar-refractivity contribution in [2.24, 2.45) is 11.3 Å². The molecule has 19 heavy (non-hydrogen) atoms. The topological polar surface area (TPSA) is 28.2 Å². The number of aryl methyl sites for hydroxylation is 1. The van der Waals surface area contributed by atoms with Crippen molar-refractivity contribution in [1.29, 1.82) is 0 Å². The summed E-state index contributed by atoms with van der Waals surface area (Å²) in [5.41, 5.74) is 3.52. The number of hydrogen-bond acceptors (Lipinski definition) is 4. The van der Waals surface area contributed by atoms with Crippen LogP contribution in [-0.2, 0) is 6.54 Å². The summed E-state index contributed by atoms with van der Waals surface area (Å²) in [4.78, 5) is 8.19. The molecule has 0 aliphatic carbocycles. The fraction of sp³-hybridized carbons (Fsp3) is 0.800. The highest BCUT2D eigenvalue weighted by Gasteiger charge is 2.31. The highest BCUT2D eigenvalue weighted by molar-refractivity contribution is 7.09. The molecule has 1 aromatic heterocycles. The molecule has 0 saturated carbocycles. The Morgan fingerprint density at radius 1 is 1.53 bits per heavy atom. The highest BCUT2D eigenvalue weighted by atomic mass is 32.1. The van der Waals surface area contributed by atoms with Crippen molar-refractivity contribution in [1.82, 2.24) is 15.2 Å². The minimum Gasteiger partial charge on any atom is -0.316 e. The average molecular weight is 281 g/mol. The van der Waals surface area contributed by atoms with Crippen LogP contribution in [0.3, 0.4) is 0 Å². The van der Waals surface area contributed by atoms with Crippen LogP contribution in [0.1, 0.15) is 37.3 Å². The fourth-order valence-electron chi connectivity index (χ4n) is 3.12. The second-order valence-corrected chi connectivity index (χ2v) is 7.50. The molecule has 1 atom stereocenters. The van der Waals surface area contributed by atoms with Gasteiger partial charge in [-0.05, 0) is 51.2 Å². The smallest absolute Gasteiger partial charge is 0.0798 e. The minimum atomic E-state index is 0.376. The Morgan fingerprint density at radius 2 is 2.32 bits per heavy atom. The molecule has 108 valence electrons. The maximum atomic E-state index is 4.34. The van der Waals surface area contributed by atoms with Crippen LogP contribution < -0.4 is 5.32 Å². The van der Waals surface area contributed by atoms with Crippen molar-refractivity contribution >= 4 is 11.3 Å². The first kappa shape index (κ1) is 14.9. The lowest BCUT2D eigenvalue weighted by atomic mass is 9.74. The molecule has 2 rings (SSSR count). The van der Waals surface area contributed by atoms with Gasteiger partial charge in [0.1, 0.15) is 0 Å². The molecule has 2 heterocycles. The van der Waals surface area contributed by atoms with E-state index in [0.717, 1.165) is 19.0 Å². The van der Waals surface area contributed by atoms with Crippen molar-refractivity contribution in [3.63, 3.8) is 0 Å². The van der Waals surface area contributed by atoms with Crippen LogP contribution in [0.4, 0.5) is 0 Å². The molecule has 0 bridgehead atoms. The van der Waals surface area contributed by atoms with Crippen molar-refractivity contribution < 1.29 is 0 Å². The molecule has 1 aliphatic rings. The lowest BCUT2D eigenvalue weighted by molar-refractivity contribution is 0.111. The van der Waals surface area contributed by atoms with E-state index in [4.69, 9.17) is 0 Å². The molecule has 1 saturated heterocycles. The minimum absolute atomic E-state index is 0.376. The first-order valence-corrected chi connectivity index (χ1v) is 8.15. The number of aromatic nitrogens is 1. The second-order valence-electron chi connectivity index (χ2n) is 6.57. The zero-order valence-electron chi connectivity index (χ0n) is 12.7. The van der Waals surface area contributed by atoms with Gasteiger partial charge < -0.3 is 10.2 Å². The van der Waals surface area contributed by atoms with E-state index in [1.165, 1.54) is 36.5 Å². The summed E-state index contributed by atoms with van der Waals surface area (Å²) in [7, 11) is 2.23. The van der Waals surface area contributed by atoms with Gasteiger partial charge in [0.05, 0.1) is 11.2 Å². The Kier molecular flexibility index (Phi) is 4.98. The first-order chi connectivity index (χ1) is 8.99. The molecule has 1 aromatic rings. The monoisotopic (exact) mass is 281 g/mol. The van der Waals surface area contributed by atoms with Crippen LogP contribution in [0.25, 0.3) is 0 Å². The standard InChI is InChI=1S/C15H27N3S/c1-12-14(19-11-17-12)9-18(4)10-15(2,3)13-6-5-7-16-8-13/h11,13,16H,5-10H2,1-4H3. The lowest BCUT2D eigenvalue weighted by Crippen LogP contribution is -2.43. The Labute approximate surface area is 121 Å². The quantitative estimate of drug-likeness (QED) is 0.899. The van der Waals surface area contributed by atoms with Gasteiger partial charge in [-0.3, -0.25) is 0 Å². The Morgan fingerprint density at radius 3 is 2.89 bits per heavy atom. The molecule has 1 aliphatic heterocycles. The Hall–Kier alpha value is -0.450. The van der Waals surface area contributed by atoms with Crippen molar-refractivity contribution in [2.45, 2.75) is 40.2 Å². The van der Waals surface area contributed by atoms with Gasteiger partial charge in [0.25, 0.3) is 0 Å². The summed E-state index contributed by atoms with van der Waals surface area (Å²) in [6.07, 6.45) is 2.69. The molecule has 0 spiro atoms. The maximum Gasteiger partial charge on any atom is 0.0798 e. The van der Waals surface area contributed by atoms with Crippen LogP contribution in [0.5, 0.6) is 0 Å². The summed E-state index contributed by atoms with van der Waals surface area (Å²) >= 11 is 1.77. The average Bonchev–Trinajstić information content (AvgIpc) is 2.75. The van der Waals surface area contributed by atoms with Gasteiger partial charge >= 0.3 is 0 Å². The zero-order valence-corrected chi connectivity index (χ0v) is 13.5. The SMILES string of the molecule is Cc1ncsc1CN(C)CC(C)(C)C1CCCNC1. The Bertz CT molecular complexity index is 394. The summed E-state index contributed by atoms with van der Waals surface area (Å²) in [6.45, 7) is 11.5. The van der Waals surface area contributed by atoms with E-state index in [2.05, 4.69) is 43.0 Å². The third-order valence-corrected chi connectivity index (χ3v) is 5.26. The van der Waals surface area contributed by atoms with E-state index in [0.29, 0.717) is 5.41 Å². The van der Waals surface area contributed by atoms with Gasteiger partial charge in [-0.15, -0.1) is 11.3 Å². The van der Waals surface area contributed by atoms with E-state index in [1.807, 2.05) is 5.51 Å². The largest absolute Gasteiger partial charge is 0.316 e. The van der Waals surface area contributed by atoms with Crippen molar-refractivity contribution in [2.75, 3.05) is 26.7 Å². The van der Waals surface area contributed by atoms with Crippen LogP contribution in [-0.4, -0.2) is 36.6 Å². The number of piperidine rings is 1. The second kappa shape index (κ2) is 6.33. The van der Waals surface area contributed by atoms with Crippen LogP contribution >= 0.6 is 11.3 Å². The molecule has 1 N–H and O–H groups in total. The van der Waals surface area contributed by atoms with E-state index in [9.17, 15) is 0 Å². The fourth-order valence-corrected chi connectivity index (χ4v) is 3.98. The highest BCUT2D eigenvalue weighted by Crippen LogP contribution is 2.32. The first-order valence-electron chi connectivity index (χ1n) is 7.27. The van der Waals surface area contributed by atoms with Crippen molar-refractivity contribution in [3.8, 4) is 0 Å². The van der Waals surface area contributed by atoms with Crippen LogP contribution in [0.15, 0.2) is 5.51 Å². The van der Waals surface area contributed by atoms with Crippen LogP contribution in [0, 0.1) is 18.3 Å². The number of rotatable bonds is 5. The van der Waals surface area contributed by atoms with Gasteiger partial charge in [0.2, 0.25) is 0 Å². The van der Waals surface area contributed by atoms with Gasteiger partial charge in [-0.1, -0.05) is 13.8 Å². The predicted octanol–water partition coefficient (Wildman–Crippen LogP) is 2.91. The molecular weight excluding hydrogens is 254 g/mol. The molecule has 0 radical (unpaired) electrons. The molecule has 0 amide bonds. The number of nitrogens with one attached hydrogen (secondary N) is 1. The molecular formula is C15H27N3S. The summed E-state index contributed by atoms with van der Waals surface area (Å²) in [6, 6.07) is 0. The van der Waals surface area contributed by atoms with Gasteiger partial charge in [-0.25, -0.2) is 4.98 Å². The summed E-state index contributed by atoms with van der Waals surface area (Å²) < 4.78 is 0. The van der Waals surface area contributed by atoms with E-state index >= 15 is 0 Å². The molecule has 4 heteroatoms. The molecule has 1 fully saturated rings. The molecule has 0 aromatic carbocycles. The number of thiazole rings is 1. The number of nitrogens with zero attached hydrogens (tertiary/aromatic N) is 2. The van der Waals surface area contributed by atoms with E-state index in [-0.39, 0.29) is 0 Å². The Balaban J connectivity index is 1.89. The van der Waals surface area contributed by atoms with Crippen molar-refractivity contribution in [3.05, 3.63) is 16.1 Å². The molecule has 3 nitrogen and oxygen atoms in total. The predicted molar refractivity (Wildman–Crippen MR) is 82.6 cm³/mol. The molecule has 1 unspecified atom stereocenters. The van der Waals surface area contributed by atoms with Gasteiger partial charge in [0.15, 0.2) is 0 Å².